The number of methoxy groups -OCH3 is 1. The largest absolute Gasteiger partial charge is 0.493 e. The molecule has 6 heteroatoms. The van der Waals surface area contributed by atoms with Crippen LogP contribution in [0.2, 0.25) is 0 Å². The summed E-state index contributed by atoms with van der Waals surface area (Å²) in [5.74, 6) is 0.603. The molecule has 0 saturated heterocycles. The molecule has 1 aliphatic rings. The summed E-state index contributed by atoms with van der Waals surface area (Å²) in [6, 6.07) is 12.6. The fourth-order valence-corrected chi connectivity index (χ4v) is 2.67. The van der Waals surface area contributed by atoms with Gasteiger partial charge in [0.25, 0.3) is 11.8 Å². The molecule has 0 unspecified atom stereocenters. The molecule has 146 valence electrons. The summed E-state index contributed by atoms with van der Waals surface area (Å²) in [4.78, 5) is 24.4. The summed E-state index contributed by atoms with van der Waals surface area (Å²) in [6.45, 7) is 1.77. The zero-order valence-corrected chi connectivity index (χ0v) is 16.0. The molecule has 2 amide bonds. The first-order valence-corrected chi connectivity index (χ1v) is 9.23. The van der Waals surface area contributed by atoms with Crippen LogP contribution in [0, 0.1) is 0 Å². The van der Waals surface area contributed by atoms with Gasteiger partial charge in [0.2, 0.25) is 0 Å². The molecule has 0 spiro atoms. The minimum atomic E-state index is -0.320. The maximum atomic E-state index is 12.2. The third-order valence-corrected chi connectivity index (χ3v) is 4.23. The quantitative estimate of drug-likeness (QED) is 0.733. The summed E-state index contributed by atoms with van der Waals surface area (Å²) in [6.07, 6.45) is 5.94. The van der Waals surface area contributed by atoms with Crippen LogP contribution in [0.4, 0.5) is 5.69 Å². The highest BCUT2D eigenvalue weighted by Gasteiger charge is 2.23. The molecule has 0 aromatic heterocycles. The lowest BCUT2D eigenvalue weighted by Crippen LogP contribution is -2.25. The zero-order valence-electron chi connectivity index (χ0n) is 16.0. The Morgan fingerprint density at radius 1 is 1.14 bits per heavy atom. The summed E-state index contributed by atoms with van der Waals surface area (Å²) >= 11 is 0. The van der Waals surface area contributed by atoms with Gasteiger partial charge in [0, 0.05) is 17.3 Å². The minimum Gasteiger partial charge on any atom is -0.493 e. The predicted octanol–water partition coefficient (Wildman–Crippen LogP) is 3.64. The van der Waals surface area contributed by atoms with E-state index in [-0.39, 0.29) is 24.5 Å². The van der Waals surface area contributed by atoms with Crippen LogP contribution in [-0.4, -0.2) is 31.6 Å². The smallest absolute Gasteiger partial charge is 0.262 e. The van der Waals surface area contributed by atoms with Gasteiger partial charge < -0.3 is 20.1 Å². The van der Waals surface area contributed by atoms with E-state index in [1.165, 1.54) is 0 Å². The number of amides is 2. The highest BCUT2D eigenvalue weighted by molar-refractivity contribution is 5.97. The number of anilines is 1. The topological polar surface area (TPSA) is 76.7 Å². The van der Waals surface area contributed by atoms with Gasteiger partial charge in [0.05, 0.1) is 7.11 Å². The SMILES string of the molecule is C/C=C/c1ccc(OCC(=O)Nc2cccc(C(=O)NC3CC3)c2)c(OC)c1. The average Bonchev–Trinajstić information content (AvgIpc) is 3.51. The number of benzene rings is 2. The molecule has 1 saturated carbocycles. The van der Waals surface area contributed by atoms with E-state index < -0.39 is 0 Å². The van der Waals surface area contributed by atoms with Gasteiger partial charge in [-0.3, -0.25) is 9.59 Å². The molecule has 2 N–H and O–H groups in total. The highest BCUT2D eigenvalue weighted by atomic mass is 16.5. The van der Waals surface area contributed by atoms with Crippen LogP contribution in [0.25, 0.3) is 6.08 Å². The van der Waals surface area contributed by atoms with Crippen LogP contribution in [0.15, 0.2) is 48.5 Å². The fraction of sp³-hybridized carbons (Fsp3) is 0.273. The van der Waals surface area contributed by atoms with Crippen molar-refractivity contribution in [2.24, 2.45) is 0 Å². The molecule has 3 rings (SSSR count). The van der Waals surface area contributed by atoms with Crippen molar-refractivity contribution in [3.8, 4) is 11.5 Å². The van der Waals surface area contributed by atoms with Crippen molar-refractivity contribution < 1.29 is 19.1 Å². The Morgan fingerprint density at radius 2 is 1.96 bits per heavy atom. The Bertz CT molecular complexity index is 888. The van der Waals surface area contributed by atoms with E-state index in [9.17, 15) is 9.59 Å². The number of hydrogen-bond acceptors (Lipinski definition) is 4. The molecule has 0 heterocycles. The fourth-order valence-electron chi connectivity index (χ4n) is 2.67. The van der Waals surface area contributed by atoms with Crippen LogP contribution in [0.3, 0.4) is 0 Å². The molecule has 6 nitrogen and oxygen atoms in total. The lowest BCUT2D eigenvalue weighted by atomic mass is 10.2. The number of ether oxygens (including phenoxy) is 2. The second-order valence-corrected chi connectivity index (χ2v) is 6.58. The van der Waals surface area contributed by atoms with Crippen LogP contribution in [-0.2, 0) is 4.79 Å². The number of nitrogens with one attached hydrogen (secondary N) is 2. The molecule has 1 fully saturated rings. The van der Waals surface area contributed by atoms with E-state index >= 15 is 0 Å². The van der Waals surface area contributed by atoms with Crippen molar-refractivity contribution >= 4 is 23.6 Å². The van der Waals surface area contributed by atoms with Crippen molar-refractivity contribution in [3.05, 3.63) is 59.7 Å². The van der Waals surface area contributed by atoms with Gasteiger partial charge in [-0.1, -0.05) is 24.3 Å². The zero-order chi connectivity index (χ0) is 19.9. The minimum absolute atomic E-state index is 0.124. The van der Waals surface area contributed by atoms with Gasteiger partial charge in [-0.05, 0) is 55.7 Å². The number of allylic oxidation sites excluding steroid dienone is 1. The lowest BCUT2D eigenvalue weighted by molar-refractivity contribution is -0.118. The van der Waals surface area contributed by atoms with Crippen molar-refractivity contribution in [2.45, 2.75) is 25.8 Å². The van der Waals surface area contributed by atoms with Crippen molar-refractivity contribution in [2.75, 3.05) is 19.0 Å². The normalized spacial score (nSPS) is 13.2. The van der Waals surface area contributed by atoms with Crippen LogP contribution < -0.4 is 20.1 Å². The summed E-state index contributed by atoms with van der Waals surface area (Å²) in [5, 5.41) is 5.68. The third kappa shape index (κ3) is 5.36. The van der Waals surface area contributed by atoms with Crippen molar-refractivity contribution in [3.63, 3.8) is 0 Å². The van der Waals surface area contributed by atoms with Crippen molar-refractivity contribution in [1.29, 1.82) is 0 Å². The Morgan fingerprint density at radius 3 is 2.68 bits per heavy atom. The van der Waals surface area contributed by atoms with Gasteiger partial charge in [0.1, 0.15) is 0 Å². The molecule has 28 heavy (non-hydrogen) atoms. The van der Waals surface area contributed by atoms with Gasteiger partial charge >= 0.3 is 0 Å². The molecule has 0 bridgehead atoms. The summed E-state index contributed by atoms with van der Waals surface area (Å²) in [7, 11) is 1.56. The Balaban J connectivity index is 1.58. The standard InChI is InChI=1S/C22H24N2O4/c1-3-5-15-8-11-19(20(12-15)27-2)28-14-21(25)23-18-7-4-6-16(13-18)22(26)24-17-9-10-17/h3-8,11-13,17H,9-10,14H2,1-2H3,(H,23,25)(H,24,26)/b5-3+. The van der Waals surface area contributed by atoms with Gasteiger partial charge in [-0.2, -0.15) is 0 Å². The maximum Gasteiger partial charge on any atom is 0.262 e. The van der Waals surface area contributed by atoms with Gasteiger partial charge in [0.15, 0.2) is 18.1 Å². The highest BCUT2D eigenvalue weighted by Crippen LogP contribution is 2.28. The average molecular weight is 380 g/mol. The van der Waals surface area contributed by atoms with Crippen LogP contribution >= 0.6 is 0 Å². The molecular formula is C22H24N2O4. The van der Waals surface area contributed by atoms with E-state index in [1.807, 2.05) is 31.2 Å². The molecule has 0 aliphatic heterocycles. The number of rotatable bonds is 8. The molecule has 0 atom stereocenters. The molecule has 0 radical (unpaired) electrons. The number of hydrogen-bond donors (Lipinski definition) is 2. The first-order chi connectivity index (χ1) is 13.6. The van der Waals surface area contributed by atoms with Crippen LogP contribution in [0.1, 0.15) is 35.7 Å². The molecule has 2 aromatic carbocycles. The maximum absolute atomic E-state index is 12.2. The second-order valence-electron chi connectivity index (χ2n) is 6.58. The predicted molar refractivity (Wildman–Crippen MR) is 109 cm³/mol. The Kier molecular flexibility index (Phi) is 6.32. The summed E-state index contributed by atoms with van der Waals surface area (Å²) in [5.41, 5.74) is 2.05. The van der Waals surface area contributed by atoms with E-state index in [2.05, 4.69) is 10.6 Å². The Hall–Kier alpha value is -3.28. The summed E-state index contributed by atoms with van der Waals surface area (Å²) < 4.78 is 10.9. The molecular weight excluding hydrogens is 356 g/mol. The van der Waals surface area contributed by atoms with Gasteiger partial charge in [-0.15, -0.1) is 0 Å². The van der Waals surface area contributed by atoms with Gasteiger partial charge in [-0.25, -0.2) is 0 Å². The first kappa shape index (κ1) is 19.5. The second kappa shape index (κ2) is 9.08. The Labute approximate surface area is 164 Å². The van der Waals surface area contributed by atoms with Crippen LogP contribution in [0.5, 0.6) is 11.5 Å². The third-order valence-electron chi connectivity index (χ3n) is 4.23. The molecule has 1 aliphatic carbocycles. The lowest BCUT2D eigenvalue weighted by Gasteiger charge is -2.12. The van der Waals surface area contributed by atoms with E-state index in [1.54, 1.807) is 37.4 Å². The van der Waals surface area contributed by atoms with E-state index in [4.69, 9.17) is 9.47 Å². The van der Waals surface area contributed by atoms with E-state index in [0.29, 0.717) is 22.7 Å². The number of carbonyl (C=O) groups excluding carboxylic acids is 2. The monoisotopic (exact) mass is 380 g/mol. The van der Waals surface area contributed by atoms with Crippen molar-refractivity contribution in [1.82, 2.24) is 5.32 Å². The van der Waals surface area contributed by atoms with E-state index in [0.717, 1.165) is 18.4 Å². The molecule has 2 aromatic rings. The number of carbonyl (C=O) groups is 2. The first-order valence-electron chi connectivity index (χ1n) is 9.23.